The van der Waals surface area contributed by atoms with Gasteiger partial charge >= 0.3 is 0 Å². The van der Waals surface area contributed by atoms with Crippen molar-refractivity contribution in [2.45, 2.75) is 56.4 Å². The van der Waals surface area contributed by atoms with Gasteiger partial charge in [-0.1, -0.05) is 12.8 Å². The van der Waals surface area contributed by atoms with Crippen molar-refractivity contribution < 1.29 is 17.6 Å². The quantitative estimate of drug-likeness (QED) is 0.763. The SMILES string of the molecule is Cc1cc(S(=O)(=O)Nc2ccc(C(=O)N3CCCC4CCCCC43)cc2)ccc1F. The highest BCUT2D eigenvalue weighted by Crippen LogP contribution is 2.36. The molecule has 2 unspecified atom stereocenters. The highest BCUT2D eigenvalue weighted by atomic mass is 32.2. The van der Waals surface area contributed by atoms with Gasteiger partial charge in [-0.2, -0.15) is 0 Å². The zero-order chi connectivity index (χ0) is 21.3. The van der Waals surface area contributed by atoms with Crippen LogP contribution in [-0.4, -0.2) is 31.8 Å². The summed E-state index contributed by atoms with van der Waals surface area (Å²) in [7, 11) is -3.83. The van der Waals surface area contributed by atoms with Crippen LogP contribution >= 0.6 is 0 Å². The van der Waals surface area contributed by atoms with Crippen molar-refractivity contribution in [1.82, 2.24) is 4.90 Å². The van der Waals surface area contributed by atoms with Crippen LogP contribution in [0.4, 0.5) is 10.1 Å². The predicted molar refractivity (Wildman–Crippen MR) is 114 cm³/mol. The second kappa shape index (κ2) is 8.38. The van der Waals surface area contributed by atoms with E-state index in [0.717, 1.165) is 25.5 Å². The Morgan fingerprint density at radius 3 is 2.47 bits per heavy atom. The number of likely N-dealkylation sites (tertiary alicyclic amines) is 1. The molecule has 2 atom stereocenters. The molecule has 1 heterocycles. The van der Waals surface area contributed by atoms with E-state index in [0.29, 0.717) is 23.2 Å². The lowest BCUT2D eigenvalue weighted by molar-refractivity contribution is 0.0390. The molecule has 1 amide bonds. The summed E-state index contributed by atoms with van der Waals surface area (Å²) in [5.41, 5.74) is 1.20. The smallest absolute Gasteiger partial charge is 0.261 e. The van der Waals surface area contributed by atoms with Crippen molar-refractivity contribution in [3.8, 4) is 0 Å². The summed E-state index contributed by atoms with van der Waals surface area (Å²) < 4.78 is 41.1. The number of nitrogens with one attached hydrogen (secondary N) is 1. The number of anilines is 1. The number of piperidine rings is 1. The minimum absolute atomic E-state index is 0.00166. The van der Waals surface area contributed by atoms with E-state index in [2.05, 4.69) is 4.72 Å². The van der Waals surface area contributed by atoms with Gasteiger partial charge in [-0.15, -0.1) is 0 Å². The van der Waals surface area contributed by atoms with Crippen LogP contribution in [0.25, 0.3) is 0 Å². The van der Waals surface area contributed by atoms with E-state index < -0.39 is 15.8 Å². The maximum absolute atomic E-state index is 13.4. The maximum Gasteiger partial charge on any atom is 0.261 e. The molecule has 7 heteroatoms. The van der Waals surface area contributed by atoms with Crippen LogP contribution in [0, 0.1) is 18.7 Å². The van der Waals surface area contributed by atoms with Crippen molar-refractivity contribution in [1.29, 1.82) is 0 Å². The zero-order valence-corrected chi connectivity index (χ0v) is 17.9. The summed E-state index contributed by atoms with van der Waals surface area (Å²) in [4.78, 5) is 15.1. The number of amides is 1. The Morgan fingerprint density at radius 2 is 1.73 bits per heavy atom. The highest BCUT2D eigenvalue weighted by Gasteiger charge is 2.35. The van der Waals surface area contributed by atoms with E-state index >= 15 is 0 Å². The van der Waals surface area contributed by atoms with Crippen molar-refractivity contribution in [3.05, 3.63) is 59.4 Å². The highest BCUT2D eigenvalue weighted by molar-refractivity contribution is 7.92. The van der Waals surface area contributed by atoms with Crippen molar-refractivity contribution in [2.24, 2.45) is 5.92 Å². The Labute approximate surface area is 177 Å². The first-order chi connectivity index (χ1) is 14.3. The summed E-state index contributed by atoms with van der Waals surface area (Å²) in [6.45, 7) is 2.31. The third-order valence-electron chi connectivity index (χ3n) is 6.33. The average Bonchev–Trinajstić information content (AvgIpc) is 2.75. The van der Waals surface area contributed by atoms with Gasteiger partial charge < -0.3 is 4.90 Å². The zero-order valence-electron chi connectivity index (χ0n) is 17.1. The topological polar surface area (TPSA) is 66.5 Å². The van der Waals surface area contributed by atoms with Gasteiger partial charge in [0.25, 0.3) is 15.9 Å². The normalized spacial score (nSPS) is 21.7. The van der Waals surface area contributed by atoms with E-state index in [1.807, 2.05) is 4.90 Å². The Balaban J connectivity index is 1.48. The van der Waals surface area contributed by atoms with Crippen LogP contribution < -0.4 is 4.72 Å². The number of halogens is 1. The molecule has 1 aliphatic carbocycles. The van der Waals surface area contributed by atoms with Crippen LogP contribution in [0.3, 0.4) is 0 Å². The number of aryl methyl sites for hydroxylation is 1. The lowest BCUT2D eigenvalue weighted by Gasteiger charge is -2.44. The van der Waals surface area contributed by atoms with Crippen LogP contribution in [0.15, 0.2) is 47.4 Å². The van der Waals surface area contributed by atoms with Gasteiger partial charge in [0.1, 0.15) is 5.82 Å². The molecule has 0 spiro atoms. The largest absolute Gasteiger partial charge is 0.335 e. The van der Waals surface area contributed by atoms with Gasteiger partial charge in [0.2, 0.25) is 0 Å². The number of carbonyl (C=O) groups excluding carboxylic acids is 1. The van der Waals surface area contributed by atoms with Gasteiger partial charge in [0.15, 0.2) is 0 Å². The fourth-order valence-electron chi connectivity index (χ4n) is 4.72. The second-order valence-corrected chi connectivity index (χ2v) is 10.0. The average molecular weight is 431 g/mol. The van der Waals surface area contributed by atoms with E-state index in [4.69, 9.17) is 0 Å². The number of fused-ring (bicyclic) bond motifs is 1. The van der Waals surface area contributed by atoms with Gasteiger partial charge in [-0.25, -0.2) is 12.8 Å². The minimum atomic E-state index is -3.83. The van der Waals surface area contributed by atoms with E-state index in [9.17, 15) is 17.6 Å². The standard InChI is InChI=1S/C23H27FN2O3S/c1-16-15-20(12-13-21(16)24)30(28,29)25-19-10-8-18(9-11-19)23(27)26-14-4-6-17-5-2-3-7-22(17)26/h8-13,15,17,22,25H,2-7,14H2,1H3. The molecule has 1 saturated carbocycles. The molecule has 0 bridgehead atoms. The lowest BCUT2D eigenvalue weighted by atomic mass is 9.78. The van der Waals surface area contributed by atoms with E-state index in [1.54, 1.807) is 24.3 Å². The summed E-state index contributed by atoms with van der Waals surface area (Å²) in [5, 5.41) is 0. The monoisotopic (exact) mass is 430 g/mol. The van der Waals surface area contributed by atoms with Crippen LogP contribution in [0.1, 0.15) is 54.4 Å². The number of nitrogens with zero attached hydrogens (tertiary/aromatic N) is 1. The summed E-state index contributed by atoms with van der Waals surface area (Å²) in [6.07, 6.45) is 6.96. The third-order valence-corrected chi connectivity index (χ3v) is 7.71. The number of hydrogen-bond donors (Lipinski definition) is 1. The molecule has 2 fully saturated rings. The van der Waals surface area contributed by atoms with E-state index in [-0.39, 0.29) is 16.4 Å². The molecule has 2 aliphatic rings. The van der Waals surface area contributed by atoms with Gasteiger partial charge in [-0.3, -0.25) is 9.52 Å². The molecule has 4 rings (SSSR count). The first-order valence-electron chi connectivity index (χ1n) is 10.6. The molecule has 1 N–H and O–H groups in total. The van der Waals surface area contributed by atoms with Crippen molar-refractivity contribution in [2.75, 3.05) is 11.3 Å². The van der Waals surface area contributed by atoms with Crippen molar-refractivity contribution in [3.63, 3.8) is 0 Å². The lowest BCUT2D eigenvalue weighted by Crippen LogP contribution is -2.49. The van der Waals surface area contributed by atoms with Gasteiger partial charge in [0, 0.05) is 23.8 Å². The molecule has 2 aromatic carbocycles. The van der Waals surface area contributed by atoms with Gasteiger partial charge in [-0.05, 0) is 86.6 Å². The van der Waals surface area contributed by atoms with Crippen molar-refractivity contribution >= 4 is 21.6 Å². The number of hydrogen-bond acceptors (Lipinski definition) is 3. The van der Waals surface area contributed by atoms with Crippen LogP contribution in [0.2, 0.25) is 0 Å². The predicted octanol–water partition coefficient (Wildman–Crippen LogP) is 4.73. The first kappa shape index (κ1) is 20.8. The van der Waals surface area contributed by atoms with Crippen LogP contribution in [0.5, 0.6) is 0 Å². The molecular weight excluding hydrogens is 403 g/mol. The Kier molecular flexibility index (Phi) is 5.82. The summed E-state index contributed by atoms with van der Waals surface area (Å²) in [5.74, 6) is 0.187. The molecule has 0 aromatic heterocycles. The minimum Gasteiger partial charge on any atom is -0.335 e. The maximum atomic E-state index is 13.4. The Morgan fingerprint density at radius 1 is 1.03 bits per heavy atom. The number of rotatable bonds is 4. The summed E-state index contributed by atoms with van der Waals surface area (Å²) >= 11 is 0. The number of carbonyl (C=O) groups is 1. The number of sulfonamides is 1. The van der Waals surface area contributed by atoms with Crippen LogP contribution in [-0.2, 0) is 10.0 Å². The fraction of sp³-hybridized carbons (Fsp3) is 0.435. The molecular formula is C23H27FN2O3S. The summed E-state index contributed by atoms with van der Waals surface area (Å²) in [6, 6.07) is 10.5. The third kappa shape index (κ3) is 4.21. The Bertz CT molecular complexity index is 1030. The molecule has 1 aliphatic heterocycles. The molecule has 160 valence electrons. The van der Waals surface area contributed by atoms with E-state index in [1.165, 1.54) is 44.7 Å². The number of benzene rings is 2. The molecule has 2 aromatic rings. The molecule has 5 nitrogen and oxygen atoms in total. The molecule has 30 heavy (non-hydrogen) atoms. The fourth-order valence-corrected chi connectivity index (χ4v) is 5.87. The Hall–Kier alpha value is -2.41. The van der Waals surface area contributed by atoms with Gasteiger partial charge in [0.05, 0.1) is 4.90 Å². The second-order valence-electron chi connectivity index (χ2n) is 8.35. The molecule has 0 radical (unpaired) electrons. The first-order valence-corrected chi connectivity index (χ1v) is 12.0. The molecule has 1 saturated heterocycles.